The molecule has 6 nitrogen and oxygen atoms in total. The van der Waals surface area contributed by atoms with Crippen LogP contribution >= 0.6 is 0 Å². The normalized spacial score (nSPS) is 13.4. The third kappa shape index (κ3) is 4.78. The van der Waals surface area contributed by atoms with Gasteiger partial charge in [0.25, 0.3) is 0 Å². The Kier molecular flexibility index (Phi) is 5.96. The molecule has 1 unspecified atom stereocenters. The first-order valence-corrected chi connectivity index (χ1v) is 9.06. The third-order valence-electron chi connectivity index (χ3n) is 4.47. The fourth-order valence-electron chi connectivity index (χ4n) is 3.08. The number of amides is 1. The second-order valence-electron chi connectivity index (χ2n) is 6.38. The van der Waals surface area contributed by atoms with E-state index in [0.717, 1.165) is 29.0 Å². The average Bonchev–Trinajstić information content (AvgIpc) is 3.13. The predicted octanol–water partition coefficient (Wildman–Crippen LogP) is 2.89. The van der Waals surface area contributed by atoms with Crippen LogP contribution in [-0.2, 0) is 22.4 Å². The SMILES string of the molecule is CCOc1ccc(CCC(=O)NC(C(=O)O)c2ccc3c(c2)CCO3)cc1. The van der Waals surface area contributed by atoms with Crippen molar-refractivity contribution in [1.29, 1.82) is 0 Å². The Morgan fingerprint density at radius 2 is 2.00 bits per heavy atom. The molecule has 0 aliphatic carbocycles. The average molecular weight is 369 g/mol. The molecule has 2 N–H and O–H groups in total. The second kappa shape index (κ2) is 8.58. The van der Waals surface area contributed by atoms with Gasteiger partial charge in [0.05, 0.1) is 13.2 Å². The lowest BCUT2D eigenvalue weighted by Crippen LogP contribution is -2.33. The van der Waals surface area contributed by atoms with Crippen molar-refractivity contribution >= 4 is 11.9 Å². The van der Waals surface area contributed by atoms with E-state index in [0.29, 0.717) is 25.2 Å². The number of carbonyl (C=O) groups excluding carboxylic acids is 1. The van der Waals surface area contributed by atoms with Crippen LogP contribution in [-0.4, -0.2) is 30.2 Å². The van der Waals surface area contributed by atoms with Crippen molar-refractivity contribution < 1.29 is 24.2 Å². The molecule has 1 heterocycles. The van der Waals surface area contributed by atoms with Crippen LogP contribution in [0, 0.1) is 0 Å². The van der Waals surface area contributed by atoms with Crippen LogP contribution in [0.25, 0.3) is 0 Å². The monoisotopic (exact) mass is 369 g/mol. The number of rotatable bonds is 8. The zero-order valence-corrected chi connectivity index (χ0v) is 15.2. The van der Waals surface area contributed by atoms with Crippen molar-refractivity contribution in [3.8, 4) is 11.5 Å². The maximum Gasteiger partial charge on any atom is 0.330 e. The minimum absolute atomic E-state index is 0.214. The molecule has 2 aromatic carbocycles. The molecule has 0 radical (unpaired) electrons. The Morgan fingerprint density at radius 1 is 1.22 bits per heavy atom. The first-order valence-electron chi connectivity index (χ1n) is 9.06. The Hall–Kier alpha value is -3.02. The van der Waals surface area contributed by atoms with Crippen LogP contribution < -0.4 is 14.8 Å². The van der Waals surface area contributed by atoms with Crippen molar-refractivity contribution in [2.45, 2.75) is 32.2 Å². The van der Waals surface area contributed by atoms with Gasteiger partial charge in [-0.25, -0.2) is 4.79 Å². The van der Waals surface area contributed by atoms with Gasteiger partial charge in [0.15, 0.2) is 6.04 Å². The van der Waals surface area contributed by atoms with E-state index in [4.69, 9.17) is 9.47 Å². The number of fused-ring (bicyclic) bond motifs is 1. The summed E-state index contributed by atoms with van der Waals surface area (Å²) in [6, 6.07) is 11.7. The summed E-state index contributed by atoms with van der Waals surface area (Å²) in [7, 11) is 0. The summed E-state index contributed by atoms with van der Waals surface area (Å²) in [5, 5.41) is 12.2. The van der Waals surface area contributed by atoms with Gasteiger partial charge in [-0.05, 0) is 54.3 Å². The van der Waals surface area contributed by atoms with E-state index in [9.17, 15) is 14.7 Å². The van der Waals surface area contributed by atoms with Gasteiger partial charge >= 0.3 is 5.97 Å². The molecule has 142 valence electrons. The molecule has 0 saturated carbocycles. The predicted molar refractivity (Wildman–Crippen MR) is 100 cm³/mol. The molecule has 6 heteroatoms. The molecule has 0 aromatic heterocycles. The van der Waals surface area contributed by atoms with Crippen molar-refractivity contribution in [3.63, 3.8) is 0 Å². The van der Waals surface area contributed by atoms with E-state index in [1.54, 1.807) is 18.2 Å². The maximum atomic E-state index is 12.3. The van der Waals surface area contributed by atoms with E-state index in [2.05, 4.69) is 5.32 Å². The van der Waals surface area contributed by atoms with E-state index < -0.39 is 12.0 Å². The Balaban J connectivity index is 1.59. The van der Waals surface area contributed by atoms with Crippen LogP contribution in [0.4, 0.5) is 0 Å². The van der Waals surface area contributed by atoms with Gasteiger partial charge in [-0.2, -0.15) is 0 Å². The zero-order valence-electron chi connectivity index (χ0n) is 15.2. The molecule has 0 bridgehead atoms. The molecular weight excluding hydrogens is 346 g/mol. The van der Waals surface area contributed by atoms with Crippen molar-refractivity contribution in [2.75, 3.05) is 13.2 Å². The lowest BCUT2D eigenvalue weighted by Gasteiger charge is -2.16. The number of carboxylic acids is 1. The van der Waals surface area contributed by atoms with Crippen molar-refractivity contribution in [1.82, 2.24) is 5.32 Å². The van der Waals surface area contributed by atoms with Gasteiger partial charge in [-0.1, -0.05) is 18.2 Å². The molecule has 27 heavy (non-hydrogen) atoms. The van der Waals surface area contributed by atoms with E-state index in [-0.39, 0.29) is 12.3 Å². The van der Waals surface area contributed by atoms with E-state index in [1.165, 1.54) is 0 Å². The van der Waals surface area contributed by atoms with Crippen LogP contribution in [0.1, 0.15) is 36.1 Å². The number of ether oxygens (including phenoxy) is 2. The molecule has 0 spiro atoms. The lowest BCUT2D eigenvalue weighted by molar-refractivity contribution is -0.142. The summed E-state index contributed by atoms with van der Waals surface area (Å²) in [5.41, 5.74) is 2.53. The summed E-state index contributed by atoms with van der Waals surface area (Å²) in [5.74, 6) is 0.193. The fraction of sp³-hybridized carbons (Fsp3) is 0.333. The van der Waals surface area contributed by atoms with Gasteiger partial charge in [-0.3, -0.25) is 4.79 Å². The first-order chi connectivity index (χ1) is 13.1. The molecule has 0 saturated heterocycles. The summed E-state index contributed by atoms with van der Waals surface area (Å²) >= 11 is 0. The van der Waals surface area contributed by atoms with Gasteiger partial charge in [0.1, 0.15) is 11.5 Å². The van der Waals surface area contributed by atoms with Crippen LogP contribution in [0.3, 0.4) is 0 Å². The van der Waals surface area contributed by atoms with Gasteiger partial charge < -0.3 is 19.9 Å². The van der Waals surface area contributed by atoms with E-state index >= 15 is 0 Å². The van der Waals surface area contributed by atoms with Crippen molar-refractivity contribution in [2.24, 2.45) is 0 Å². The molecule has 0 fully saturated rings. The van der Waals surface area contributed by atoms with E-state index in [1.807, 2.05) is 31.2 Å². The van der Waals surface area contributed by atoms with Crippen LogP contribution in [0.2, 0.25) is 0 Å². The number of benzene rings is 2. The number of hydrogen-bond donors (Lipinski definition) is 2. The topological polar surface area (TPSA) is 84.9 Å². The fourth-order valence-corrected chi connectivity index (χ4v) is 3.08. The molecule has 1 amide bonds. The highest BCUT2D eigenvalue weighted by Crippen LogP contribution is 2.28. The summed E-state index contributed by atoms with van der Waals surface area (Å²) in [4.78, 5) is 23.9. The standard InChI is InChI=1S/C21H23NO5/c1-2-26-17-7-3-14(4-8-17)5-10-19(23)22-20(21(24)25)16-6-9-18-15(13-16)11-12-27-18/h3-4,6-9,13,20H,2,5,10-12H2,1H3,(H,22,23)(H,24,25). The van der Waals surface area contributed by atoms with Gasteiger partial charge in [0, 0.05) is 12.8 Å². The molecular formula is C21H23NO5. The summed E-state index contributed by atoms with van der Waals surface area (Å²) in [6.07, 6.45) is 1.50. The molecule has 2 aromatic rings. The quantitative estimate of drug-likeness (QED) is 0.747. The first kappa shape index (κ1) is 18.8. The minimum atomic E-state index is -1.08. The second-order valence-corrected chi connectivity index (χ2v) is 6.38. The van der Waals surface area contributed by atoms with Crippen LogP contribution in [0.5, 0.6) is 11.5 Å². The third-order valence-corrected chi connectivity index (χ3v) is 4.47. The Bertz CT molecular complexity index is 816. The smallest absolute Gasteiger partial charge is 0.330 e. The number of carbonyl (C=O) groups is 2. The van der Waals surface area contributed by atoms with Crippen molar-refractivity contribution in [3.05, 3.63) is 59.2 Å². The maximum absolute atomic E-state index is 12.3. The molecule has 1 aliphatic heterocycles. The minimum Gasteiger partial charge on any atom is -0.494 e. The molecule has 1 aliphatic rings. The highest BCUT2D eigenvalue weighted by atomic mass is 16.5. The number of nitrogens with one attached hydrogen (secondary N) is 1. The number of aliphatic carboxylic acids is 1. The number of hydrogen-bond acceptors (Lipinski definition) is 4. The largest absolute Gasteiger partial charge is 0.494 e. The highest BCUT2D eigenvalue weighted by Gasteiger charge is 2.24. The Labute approximate surface area is 158 Å². The molecule has 1 atom stereocenters. The van der Waals surface area contributed by atoms with Gasteiger partial charge in [0.2, 0.25) is 5.91 Å². The summed E-state index contributed by atoms with van der Waals surface area (Å²) < 4.78 is 10.8. The molecule has 3 rings (SSSR count). The number of carboxylic acid groups (broad SMARTS) is 1. The lowest BCUT2D eigenvalue weighted by atomic mass is 10.0. The van der Waals surface area contributed by atoms with Gasteiger partial charge in [-0.15, -0.1) is 0 Å². The highest BCUT2D eigenvalue weighted by molar-refractivity contribution is 5.84. The summed E-state index contributed by atoms with van der Waals surface area (Å²) in [6.45, 7) is 3.13. The Morgan fingerprint density at radius 3 is 2.70 bits per heavy atom. The van der Waals surface area contributed by atoms with Crippen LogP contribution in [0.15, 0.2) is 42.5 Å². The number of aryl methyl sites for hydroxylation is 1. The zero-order chi connectivity index (χ0) is 19.2.